The number of hydrogen-bond acceptors (Lipinski definition) is 1. The maximum absolute atomic E-state index is 4.70. The molecule has 1 heterocycles. The van der Waals surface area contributed by atoms with E-state index in [0.717, 1.165) is 11.0 Å². The molecule has 1 heteroatoms. The molecule has 0 bridgehead atoms. The van der Waals surface area contributed by atoms with Gasteiger partial charge >= 0.3 is 0 Å². The zero-order valence-electron chi connectivity index (χ0n) is 9.49. The lowest BCUT2D eigenvalue weighted by Crippen LogP contribution is -1.89. The first kappa shape index (κ1) is 9.34. The number of benzene rings is 2. The molecule has 1 nitrogen and oxygen atoms in total. The summed E-state index contributed by atoms with van der Waals surface area (Å²) in [5.74, 6) is 0. The zero-order chi connectivity index (χ0) is 11.1. The van der Waals surface area contributed by atoms with Crippen LogP contribution in [-0.4, -0.2) is 4.98 Å². The van der Waals surface area contributed by atoms with Crippen molar-refractivity contribution in [3.05, 3.63) is 53.6 Å². The van der Waals surface area contributed by atoms with E-state index in [-0.39, 0.29) is 0 Å². The fourth-order valence-electron chi connectivity index (χ4n) is 2.39. The number of pyridine rings is 1. The van der Waals surface area contributed by atoms with E-state index in [1.165, 1.54) is 21.9 Å². The fraction of sp³-hybridized carbons (Fsp3) is 0.133. The molecule has 0 saturated heterocycles. The smallest absolute Gasteiger partial charge is 0.0715 e. The molecule has 1 aromatic heterocycles. The third-order valence-corrected chi connectivity index (χ3v) is 3.17. The molecule has 0 saturated carbocycles. The van der Waals surface area contributed by atoms with Crippen molar-refractivity contribution < 1.29 is 0 Å². The van der Waals surface area contributed by atoms with E-state index in [9.17, 15) is 0 Å². The van der Waals surface area contributed by atoms with Gasteiger partial charge in [0.05, 0.1) is 11.0 Å². The van der Waals surface area contributed by atoms with Crippen LogP contribution in [0, 0.1) is 13.8 Å². The van der Waals surface area contributed by atoms with Crippen molar-refractivity contribution in [2.45, 2.75) is 13.8 Å². The standard InChI is InChI=1S/C15H13N/c1-10-6-5-9-14-15(10)11(2)12-7-3-4-8-13(12)16-14/h3-9H,1-2H3. The van der Waals surface area contributed by atoms with Gasteiger partial charge in [-0.1, -0.05) is 30.3 Å². The van der Waals surface area contributed by atoms with Crippen LogP contribution in [0.15, 0.2) is 42.5 Å². The highest BCUT2D eigenvalue weighted by Crippen LogP contribution is 2.27. The molecule has 78 valence electrons. The summed E-state index contributed by atoms with van der Waals surface area (Å²) in [6.07, 6.45) is 0. The number of nitrogens with zero attached hydrogens (tertiary/aromatic N) is 1. The summed E-state index contributed by atoms with van der Waals surface area (Å²) in [7, 11) is 0. The van der Waals surface area contributed by atoms with Gasteiger partial charge in [0, 0.05) is 10.8 Å². The minimum atomic E-state index is 1.08. The van der Waals surface area contributed by atoms with Gasteiger partial charge in [-0.2, -0.15) is 0 Å². The molecule has 0 amide bonds. The van der Waals surface area contributed by atoms with Gasteiger partial charge in [-0.3, -0.25) is 0 Å². The van der Waals surface area contributed by atoms with Crippen molar-refractivity contribution in [1.82, 2.24) is 4.98 Å². The molecule has 2 aromatic carbocycles. The molecule has 3 rings (SSSR count). The SMILES string of the molecule is Cc1cccc2nc3ccccc3c(C)c12. The summed E-state index contributed by atoms with van der Waals surface area (Å²) >= 11 is 0. The molecule has 0 aliphatic heterocycles. The first-order chi connectivity index (χ1) is 7.77. The maximum Gasteiger partial charge on any atom is 0.0715 e. The van der Waals surface area contributed by atoms with Crippen molar-refractivity contribution in [2.75, 3.05) is 0 Å². The molecule has 0 spiro atoms. The average molecular weight is 207 g/mol. The Balaban J connectivity index is 2.62. The van der Waals surface area contributed by atoms with Gasteiger partial charge in [-0.15, -0.1) is 0 Å². The van der Waals surface area contributed by atoms with Crippen molar-refractivity contribution in [3.63, 3.8) is 0 Å². The molecule has 0 N–H and O–H groups in total. The van der Waals surface area contributed by atoms with Crippen LogP contribution in [-0.2, 0) is 0 Å². The highest BCUT2D eigenvalue weighted by molar-refractivity contribution is 5.98. The predicted molar refractivity (Wildman–Crippen MR) is 68.7 cm³/mol. The van der Waals surface area contributed by atoms with Gasteiger partial charge in [0.25, 0.3) is 0 Å². The summed E-state index contributed by atoms with van der Waals surface area (Å²) in [6, 6.07) is 14.6. The van der Waals surface area contributed by atoms with Crippen LogP contribution in [0.1, 0.15) is 11.1 Å². The van der Waals surface area contributed by atoms with E-state index in [1.54, 1.807) is 0 Å². The molecular formula is C15H13N. The number of aromatic nitrogens is 1. The molecule has 0 fully saturated rings. The Hall–Kier alpha value is -1.89. The van der Waals surface area contributed by atoms with Crippen LogP contribution < -0.4 is 0 Å². The van der Waals surface area contributed by atoms with E-state index in [2.05, 4.69) is 50.2 Å². The lowest BCUT2D eigenvalue weighted by Gasteiger charge is -2.08. The van der Waals surface area contributed by atoms with E-state index < -0.39 is 0 Å². The van der Waals surface area contributed by atoms with Crippen LogP contribution in [0.5, 0.6) is 0 Å². The minimum absolute atomic E-state index is 1.08. The first-order valence-corrected chi connectivity index (χ1v) is 5.52. The molecule has 16 heavy (non-hydrogen) atoms. The monoisotopic (exact) mass is 207 g/mol. The number of hydrogen-bond donors (Lipinski definition) is 0. The van der Waals surface area contributed by atoms with Gasteiger partial charge < -0.3 is 0 Å². The summed E-state index contributed by atoms with van der Waals surface area (Å²) in [5, 5.41) is 2.55. The van der Waals surface area contributed by atoms with Crippen molar-refractivity contribution >= 4 is 21.8 Å². The second-order valence-corrected chi connectivity index (χ2v) is 4.22. The first-order valence-electron chi connectivity index (χ1n) is 5.52. The molecule has 0 radical (unpaired) electrons. The van der Waals surface area contributed by atoms with Gasteiger partial charge in [-0.05, 0) is 37.1 Å². The van der Waals surface area contributed by atoms with Gasteiger partial charge in [0.15, 0.2) is 0 Å². The summed E-state index contributed by atoms with van der Waals surface area (Å²) in [4.78, 5) is 4.70. The molecular weight excluding hydrogens is 194 g/mol. The van der Waals surface area contributed by atoms with Gasteiger partial charge in [-0.25, -0.2) is 4.98 Å². The maximum atomic E-state index is 4.70. The third kappa shape index (κ3) is 1.21. The topological polar surface area (TPSA) is 12.9 Å². The van der Waals surface area contributed by atoms with Gasteiger partial charge in [0.1, 0.15) is 0 Å². The zero-order valence-corrected chi connectivity index (χ0v) is 9.49. The molecule has 0 aliphatic carbocycles. The van der Waals surface area contributed by atoms with Crippen molar-refractivity contribution in [1.29, 1.82) is 0 Å². The Morgan fingerprint density at radius 2 is 1.56 bits per heavy atom. The second kappa shape index (κ2) is 3.31. The number of fused-ring (bicyclic) bond motifs is 2. The predicted octanol–water partition coefficient (Wildman–Crippen LogP) is 4.00. The number of rotatable bonds is 0. The Morgan fingerprint density at radius 1 is 0.812 bits per heavy atom. The normalized spacial score (nSPS) is 11.1. The third-order valence-electron chi connectivity index (χ3n) is 3.17. The Labute approximate surface area is 94.7 Å². The van der Waals surface area contributed by atoms with E-state index in [1.807, 2.05) is 6.07 Å². The highest BCUT2D eigenvalue weighted by atomic mass is 14.7. The Bertz CT molecular complexity index is 683. The van der Waals surface area contributed by atoms with Crippen LogP contribution in [0.2, 0.25) is 0 Å². The lowest BCUT2D eigenvalue weighted by atomic mass is 10.0. The molecule has 0 atom stereocenters. The largest absolute Gasteiger partial charge is 0.248 e. The van der Waals surface area contributed by atoms with Crippen LogP contribution in [0.3, 0.4) is 0 Å². The molecule has 0 unspecified atom stereocenters. The quantitative estimate of drug-likeness (QED) is 0.508. The van der Waals surface area contributed by atoms with E-state index >= 15 is 0 Å². The highest BCUT2D eigenvalue weighted by Gasteiger charge is 2.06. The molecule has 3 aromatic rings. The second-order valence-electron chi connectivity index (χ2n) is 4.22. The summed E-state index contributed by atoms with van der Waals surface area (Å²) in [6.45, 7) is 4.32. The van der Waals surface area contributed by atoms with E-state index in [4.69, 9.17) is 4.98 Å². The van der Waals surface area contributed by atoms with Crippen molar-refractivity contribution in [3.8, 4) is 0 Å². The average Bonchev–Trinajstić information content (AvgIpc) is 2.29. The fourth-order valence-corrected chi connectivity index (χ4v) is 2.39. The molecule has 0 aliphatic rings. The number of aryl methyl sites for hydroxylation is 2. The Morgan fingerprint density at radius 3 is 2.44 bits per heavy atom. The van der Waals surface area contributed by atoms with Crippen molar-refractivity contribution in [2.24, 2.45) is 0 Å². The van der Waals surface area contributed by atoms with Crippen LogP contribution >= 0.6 is 0 Å². The van der Waals surface area contributed by atoms with Gasteiger partial charge in [0.2, 0.25) is 0 Å². The lowest BCUT2D eigenvalue weighted by molar-refractivity contribution is 1.42. The minimum Gasteiger partial charge on any atom is -0.248 e. The van der Waals surface area contributed by atoms with Crippen LogP contribution in [0.25, 0.3) is 21.8 Å². The Kier molecular flexibility index (Phi) is 1.93. The number of para-hydroxylation sites is 1. The van der Waals surface area contributed by atoms with E-state index in [0.29, 0.717) is 0 Å². The summed E-state index contributed by atoms with van der Waals surface area (Å²) < 4.78 is 0. The van der Waals surface area contributed by atoms with Crippen LogP contribution in [0.4, 0.5) is 0 Å². The summed E-state index contributed by atoms with van der Waals surface area (Å²) in [5.41, 5.74) is 4.81.